The Morgan fingerprint density at radius 1 is 1.35 bits per heavy atom. The van der Waals surface area contributed by atoms with E-state index >= 15 is 0 Å². The third-order valence-corrected chi connectivity index (χ3v) is 4.53. The van der Waals surface area contributed by atoms with Crippen LogP contribution in [0.5, 0.6) is 0 Å². The summed E-state index contributed by atoms with van der Waals surface area (Å²) in [6.07, 6.45) is 3.57. The van der Waals surface area contributed by atoms with Gasteiger partial charge in [-0.05, 0) is 25.8 Å². The Hall–Kier alpha value is -0.210. The maximum Gasteiger partial charge on any atom is 0.279 e. The topological polar surface area (TPSA) is 84.7 Å². The summed E-state index contributed by atoms with van der Waals surface area (Å²) in [5.74, 6) is 0. The van der Waals surface area contributed by atoms with E-state index in [2.05, 4.69) is 4.72 Å². The second kappa shape index (κ2) is 7.27. The van der Waals surface area contributed by atoms with E-state index in [0.29, 0.717) is 32.7 Å². The standard InChI is InChI=1S/C10H23N3O3S/c1-16-9-10(5-6-11)12-17(14,15)13-7-3-2-4-8-13/h10,12H,2-9,11H2,1H3. The number of rotatable bonds is 7. The maximum atomic E-state index is 12.1. The number of piperidine rings is 1. The predicted molar refractivity (Wildman–Crippen MR) is 66.8 cm³/mol. The molecule has 0 aliphatic carbocycles. The molecule has 1 fully saturated rings. The molecule has 1 rings (SSSR count). The summed E-state index contributed by atoms with van der Waals surface area (Å²) in [4.78, 5) is 0. The molecule has 17 heavy (non-hydrogen) atoms. The zero-order valence-electron chi connectivity index (χ0n) is 10.4. The molecule has 1 aliphatic heterocycles. The van der Waals surface area contributed by atoms with E-state index in [-0.39, 0.29) is 6.04 Å². The summed E-state index contributed by atoms with van der Waals surface area (Å²) in [5, 5.41) is 0. The molecule has 0 radical (unpaired) electrons. The zero-order chi connectivity index (χ0) is 12.7. The molecular weight excluding hydrogens is 242 g/mol. The predicted octanol–water partition coefficient (Wildman–Crippen LogP) is -0.329. The molecule has 1 saturated heterocycles. The Kier molecular flexibility index (Phi) is 6.35. The van der Waals surface area contributed by atoms with E-state index in [0.717, 1.165) is 19.3 Å². The molecular formula is C10H23N3O3S. The summed E-state index contributed by atoms with van der Waals surface area (Å²) in [6.45, 7) is 2.01. The van der Waals surface area contributed by atoms with Crippen LogP contribution in [0.1, 0.15) is 25.7 Å². The summed E-state index contributed by atoms with van der Waals surface area (Å²) in [6, 6.07) is -0.239. The Bertz CT molecular complexity index is 296. The van der Waals surface area contributed by atoms with Crippen molar-refractivity contribution in [1.82, 2.24) is 9.03 Å². The van der Waals surface area contributed by atoms with Gasteiger partial charge in [-0.2, -0.15) is 17.4 Å². The molecule has 6 nitrogen and oxygen atoms in total. The van der Waals surface area contributed by atoms with E-state index in [1.807, 2.05) is 0 Å². The van der Waals surface area contributed by atoms with Gasteiger partial charge in [0.1, 0.15) is 0 Å². The number of methoxy groups -OCH3 is 1. The van der Waals surface area contributed by atoms with Crippen molar-refractivity contribution in [3.8, 4) is 0 Å². The zero-order valence-corrected chi connectivity index (χ0v) is 11.2. The lowest BCUT2D eigenvalue weighted by Gasteiger charge is -2.28. The van der Waals surface area contributed by atoms with Gasteiger partial charge >= 0.3 is 0 Å². The van der Waals surface area contributed by atoms with Crippen LogP contribution in [0.4, 0.5) is 0 Å². The first-order valence-electron chi connectivity index (χ1n) is 6.06. The lowest BCUT2D eigenvalue weighted by molar-refractivity contribution is 0.170. The average molecular weight is 265 g/mol. The van der Waals surface area contributed by atoms with Crippen LogP contribution in [-0.4, -0.2) is 52.1 Å². The Balaban J connectivity index is 2.55. The van der Waals surface area contributed by atoms with Gasteiger partial charge in [0.15, 0.2) is 0 Å². The summed E-state index contributed by atoms with van der Waals surface area (Å²) >= 11 is 0. The Labute approximate surface area is 104 Å². The molecule has 1 atom stereocenters. The van der Waals surface area contributed by atoms with Crippen LogP contribution in [-0.2, 0) is 14.9 Å². The molecule has 7 heteroatoms. The van der Waals surface area contributed by atoms with Crippen molar-refractivity contribution in [3.05, 3.63) is 0 Å². The lowest BCUT2D eigenvalue weighted by Crippen LogP contribution is -2.49. The Morgan fingerprint density at radius 2 is 2.00 bits per heavy atom. The van der Waals surface area contributed by atoms with Crippen LogP contribution in [0, 0.1) is 0 Å². The number of hydrogen-bond acceptors (Lipinski definition) is 4. The normalized spacial score (nSPS) is 20.4. The number of hydrogen-bond donors (Lipinski definition) is 2. The number of nitrogens with zero attached hydrogens (tertiary/aromatic N) is 1. The number of nitrogens with two attached hydrogens (primary N) is 1. The smallest absolute Gasteiger partial charge is 0.279 e. The van der Waals surface area contributed by atoms with Crippen LogP contribution in [0.15, 0.2) is 0 Å². The maximum absolute atomic E-state index is 12.1. The van der Waals surface area contributed by atoms with Gasteiger partial charge in [0, 0.05) is 26.2 Å². The van der Waals surface area contributed by atoms with E-state index in [1.54, 1.807) is 7.11 Å². The van der Waals surface area contributed by atoms with Crippen molar-refractivity contribution in [3.63, 3.8) is 0 Å². The molecule has 1 aliphatic rings. The second-order valence-corrected chi connectivity index (χ2v) is 6.01. The van der Waals surface area contributed by atoms with E-state index in [4.69, 9.17) is 10.5 Å². The van der Waals surface area contributed by atoms with Crippen molar-refractivity contribution < 1.29 is 13.2 Å². The fourth-order valence-corrected chi connectivity index (χ4v) is 3.46. The van der Waals surface area contributed by atoms with Gasteiger partial charge in [0.05, 0.1) is 6.61 Å². The fourth-order valence-electron chi connectivity index (χ4n) is 1.97. The van der Waals surface area contributed by atoms with Crippen molar-refractivity contribution in [2.45, 2.75) is 31.7 Å². The van der Waals surface area contributed by atoms with Crippen LogP contribution in [0.3, 0.4) is 0 Å². The summed E-state index contributed by atoms with van der Waals surface area (Å²) in [7, 11) is -1.82. The van der Waals surface area contributed by atoms with Gasteiger partial charge in [-0.15, -0.1) is 0 Å². The molecule has 3 N–H and O–H groups in total. The van der Waals surface area contributed by atoms with Crippen molar-refractivity contribution in [2.75, 3.05) is 33.4 Å². The minimum atomic E-state index is -3.38. The molecule has 0 aromatic rings. The molecule has 0 saturated carbocycles. The highest BCUT2D eigenvalue weighted by Crippen LogP contribution is 2.12. The fraction of sp³-hybridized carbons (Fsp3) is 1.00. The monoisotopic (exact) mass is 265 g/mol. The molecule has 0 aromatic carbocycles. The van der Waals surface area contributed by atoms with Crippen molar-refractivity contribution in [2.24, 2.45) is 5.73 Å². The molecule has 0 amide bonds. The van der Waals surface area contributed by atoms with Gasteiger partial charge in [-0.25, -0.2) is 0 Å². The highest BCUT2D eigenvalue weighted by Gasteiger charge is 2.26. The van der Waals surface area contributed by atoms with Crippen molar-refractivity contribution in [1.29, 1.82) is 0 Å². The average Bonchev–Trinajstić information content (AvgIpc) is 2.30. The van der Waals surface area contributed by atoms with Crippen LogP contribution >= 0.6 is 0 Å². The molecule has 102 valence electrons. The SMILES string of the molecule is COCC(CCN)NS(=O)(=O)N1CCCCC1. The van der Waals surface area contributed by atoms with Gasteiger partial charge in [0.25, 0.3) is 10.2 Å². The lowest BCUT2D eigenvalue weighted by atomic mass is 10.2. The minimum Gasteiger partial charge on any atom is -0.383 e. The summed E-state index contributed by atoms with van der Waals surface area (Å²) < 4.78 is 33.3. The van der Waals surface area contributed by atoms with E-state index in [9.17, 15) is 8.42 Å². The van der Waals surface area contributed by atoms with E-state index < -0.39 is 10.2 Å². The third kappa shape index (κ3) is 4.89. The van der Waals surface area contributed by atoms with Crippen molar-refractivity contribution >= 4 is 10.2 Å². The number of nitrogens with one attached hydrogen (secondary N) is 1. The highest BCUT2D eigenvalue weighted by atomic mass is 32.2. The molecule has 0 bridgehead atoms. The second-order valence-electron chi connectivity index (χ2n) is 4.31. The molecule has 1 heterocycles. The molecule has 0 aromatic heterocycles. The summed E-state index contributed by atoms with van der Waals surface area (Å²) in [5.41, 5.74) is 5.45. The molecule has 0 spiro atoms. The third-order valence-electron chi connectivity index (χ3n) is 2.85. The Morgan fingerprint density at radius 3 is 2.53 bits per heavy atom. The van der Waals surface area contributed by atoms with Gasteiger partial charge in [-0.3, -0.25) is 0 Å². The molecule has 1 unspecified atom stereocenters. The van der Waals surface area contributed by atoms with Crippen LogP contribution in [0.25, 0.3) is 0 Å². The highest BCUT2D eigenvalue weighted by molar-refractivity contribution is 7.87. The van der Waals surface area contributed by atoms with Gasteiger partial charge in [0.2, 0.25) is 0 Å². The van der Waals surface area contributed by atoms with Crippen LogP contribution in [0.2, 0.25) is 0 Å². The number of ether oxygens (including phenoxy) is 1. The minimum absolute atomic E-state index is 0.239. The van der Waals surface area contributed by atoms with Crippen LogP contribution < -0.4 is 10.5 Å². The first-order valence-corrected chi connectivity index (χ1v) is 7.50. The van der Waals surface area contributed by atoms with Gasteiger partial charge in [-0.1, -0.05) is 6.42 Å². The first-order chi connectivity index (χ1) is 8.10. The van der Waals surface area contributed by atoms with E-state index in [1.165, 1.54) is 4.31 Å². The van der Waals surface area contributed by atoms with Gasteiger partial charge < -0.3 is 10.5 Å². The quantitative estimate of drug-likeness (QED) is 0.660. The first kappa shape index (κ1) is 14.8. The largest absolute Gasteiger partial charge is 0.383 e.